The Morgan fingerprint density at radius 3 is 2.58 bits per heavy atom. The third-order valence-corrected chi connectivity index (χ3v) is 2.93. The van der Waals surface area contributed by atoms with Crippen molar-refractivity contribution in [1.82, 2.24) is 10.6 Å². The smallest absolute Gasteiger partial charge is 0.390 e. The van der Waals surface area contributed by atoms with Gasteiger partial charge in [0.1, 0.15) is 17.6 Å². The first-order chi connectivity index (χ1) is 11.3. The van der Waals surface area contributed by atoms with Crippen molar-refractivity contribution in [3.05, 3.63) is 24.3 Å². The van der Waals surface area contributed by atoms with Gasteiger partial charge in [-0.1, -0.05) is 6.07 Å². The van der Waals surface area contributed by atoms with Gasteiger partial charge in [-0.3, -0.25) is 0 Å². The molecule has 0 bridgehead atoms. The number of alkyl halides is 3. The number of aliphatic imine (C=N–C) groups is 1. The molecule has 0 heterocycles. The zero-order chi connectivity index (χ0) is 18.0. The van der Waals surface area contributed by atoms with Crippen LogP contribution in [0.3, 0.4) is 0 Å². The van der Waals surface area contributed by atoms with Gasteiger partial charge in [0.25, 0.3) is 0 Å². The normalized spacial score (nSPS) is 13.3. The molecule has 1 rings (SSSR count). The number of nitrogens with zero attached hydrogens (tertiary/aromatic N) is 1. The highest BCUT2D eigenvalue weighted by molar-refractivity contribution is 5.79. The van der Waals surface area contributed by atoms with Crippen LogP contribution in [0.25, 0.3) is 0 Å². The Hall–Kier alpha value is -2.12. The van der Waals surface area contributed by atoms with E-state index in [0.717, 1.165) is 0 Å². The third kappa shape index (κ3) is 8.50. The van der Waals surface area contributed by atoms with Crippen molar-refractivity contribution in [2.24, 2.45) is 4.99 Å². The Bertz CT molecular complexity index is 522. The second-order valence-electron chi connectivity index (χ2n) is 5.12. The molecule has 0 saturated heterocycles. The molecule has 1 unspecified atom stereocenters. The Morgan fingerprint density at radius 2 is 1.96 bits per heavy atom. The molecule has 0 saturated carbocycles. The summed E-state index contributed by atoms with van der Waals surface area (Å²) in [6.07, 6.45) is -5.34. The lowest BCUT2D eigenvalue weighted by Gasteiger charge is -2.16. The van der Waals surface area contributed by atoms with E-state index >= 15 is 0 Å². The van der Waals surface area contributed by atoms with Crippen LogP contribution in [0.2, 0.25) is 0 Å². The second-order valence-corrected chi connectivity index (χ2v) is 5.12. The van der Waals surface area contributed by atoms with E-state index in [2.05, 4.69) is 15.6 Å². The molecule has 0 aliphatic heterocycles. The topological polar surface area (TPSA) is 54.9 Å². The summed E-state index contributed by atoms with van der Waals surface area (Å²) in [6, 6.07) is 7.18. The SMILES string of the molecule is CCNC(=NCC(C)Oc1cccc(OC)c1)NCCC(F)(F)F. The van der Waals surface area contributed by atoms with E-state index in [0.29, 0.717) is 30.5 Å². The molecule has 0 radical (unpaired) electrons. The van der Waals surface area contributed by atoms with E-state index in [9.17, 15) is 13.2 Å². The number of guanidine groups is 1. The molecule has 2 N–H and O–H groups in total. The summed E-state index contributed by atoms with van der Waals surface area (Å²) >= 11 is 0. The number of methoxy groups -OCH3 is 1. The van der Waals surface area contributed by atoms with Gasteiger partial charge < -0.3 is 20.1 Å². The van der Waals surface area contributed by atoms with Crippen molar-refractivity contribution in [1.29, 1.82) is 0 Å². The van der Waals surface area contributed by atoms with Crippen molar-refractivity contribution in [2.45, 2.75) is 32.5 Å². The lowest BCUT2D eigenvalue weighted by atomic mass is 10.3. The highest BCUT2D eigenvalue weighted by Crippen LogP contribution is 2.20. The number of benzene rings is 1. The Balaban J connectivity index is 2.51. The van der Waals surface area contributed by atoms with Gasteiger partial charge in [-0.2, -0.15) is 13.2 Å². The van der Waals surface area contributed by atoms with Crippen molar-refractivity contribution < 1.29 is 22.6 Å². The average molecular weight is 347 g/mol. The van der Waals surface area contributed by atoms with Crippen LogP contribution in [0.1, 0.15) is 20.3 Å². The average Bonchev–Trinajstić information content (AvgIpc) is 2.51. The van der Waals surface area contributed by atoms with Crippen LogP contribution in [-0.4, -0.2) is 45.0 Å². The minimum atomic E-state index is -4.19. The zero-order valence-corrected chi connectivity index (χ0v) is 14.1. The van der Waals surface area contributed by atoms with Crippen LogP contribution in [0.15, 0.2) is 29.3 Å². The summed E-state index contributed by atoms with van der Waals surface area (Å²) in [5, 5.41) is 5.56. The van der Waals surface area contributed by atoms with Gasteiger partial charge >= 0.3 is 6.18 Å². The van der Waals surface area contributed by atoms with E-state index in [4.69, 9.17) is 9.47 Å². The Labute approximate surface area is 140 Å². The lowest BCUT2D eigenvalue weighted by Crippen LogP contribution is -2.39. The first kappa shape index (κ1) is 19.9. The number of ether oxygens (including phenoxy) is 2. The third-order valence-electron chi connectivity index (χ3n) is 2.93. The van der Waals surface area contributed by atoms with Gasteiger partial charge in [-0.25, -0.2) is 4.99 Å². The molecule has 136 valence electrons. The summed E-state index contributed by atoms with van der Waals surface area (Å²) in [7, 11) is 1.57. The Morgan fingerprint density at radius 1 is 1.25 bits per heavy atom. The van der Waals surface area contributed by atoms with Gasteiger partial charge in [0.15, 0.2) is 5.96 Å². The van der Waals surface area contributed by atoms with Crippen LogP contribution in [-0.2, 0) is 0 Å². The van der Waals surface area contributed by atoms with Crippen LogP contribution in [0.5, 0.6) is 11.5 Å². The molecule has 0 amide bonds. The minimum absolute atomic E-state index is 0.222. The number of rotatable bonds is 8. The van der Waals surface area contributed by atoms with E-state index in [1.54, 1.807) is 19.2 Å². The highest BCUT2D eigenvalue weighted by Gasteiger charge is 2.26. The molecular formula is C16H24F3N3O2. The standard InChI is InChI=1S/C16H24F3N3O2/c1-4-20-15(21-9-8-16(17,18)19)22-11-12(2)24-14-7-5-6-13(10-14)23-3/h5-7,10,12H,4,8-9,11H2,1-3H3,(H2,20,21,22). The van der Waals surface area contributed by atoms with Gasteiger partial charge in [-0.15, -0.1) is 0 Å². The fourth-order valence-corrected chi connectivity index (χ4v) is 1.83. The number of halogens is 3. The maximum atomic E-state index is 12.2. The van der Waals surface area contributed by atoms with Gasteiger partial charge in [0, 0.05) is 19.2 Å². The Kier molecular flexibility index (Phi) is 8.21. The molecule has 0 aliphatic carbocycles. The summed E-state index contributed by atoms with van der Waals surface area (Å²) in [5.41, 5.74) is 0. The quantitative estimate of drug-likeness (QED) is 0.561. The van der Waals surface area contributed by atoms with Crippen LogP contribution in [0, 0.1) is 0 Å². The molecule has 0 fully saturated rings. The first-order valence-electron chi connectivity index (χ1n) is 7.73. The number of nitrogens with one attached hydrogen (secondary N) is 2. The number of hydrogen-bond donors (Lipinski definition) is 2. The van der Waals surface area contributed by atoms with Crippen molar-refractivity contribution >= 4 is 5.96 Å². The highest BCUT2D eigenvalue weighted by atomic mass is 19.4. The van der Waals surface area contributed by atoms with E-state index < -0.39 is 12.6 Å². The molecule has 1 aromatic rings. The minimum Gasteiger partial charge on any atom is -0.497 e. The second kappa shape index (κ2) is 9.89. The molecule has 0 spiro atoms. The van der Waals surface area contributed by atoms with Gasteiger partial charge in [0.05, 0.1) is 20.1 Å². The van der Waals surface area contributed by atoms with E-state index in [1.807, 2.05) is 26.0 Å². The van der Waals surface area contributed by atoms with Crippen LogP contribution >= 0.6 is 0 Å². The summed E-state index contributed by atoms with van der Waals surface area (Å²) in [5.74, 6) is 1.67. The van der Waals surface area contributed by atoms with Crippen LogP contribution < -0.4 is 20.1 Å². The molecule has 8 heteroatoms. The molecule has 24 heavy (non-hydrogen) atoms. The van der Waals surface area contributed by atoms with Gasteiger partial charge in [0.2, 0.25) is 0 Å². The van der Waals surface area contributed by atoms with Crippen molar-refractivity contribution in [2.75, 3.05) is 26.7 Å². The predicted octanol–water partition coefficient (Wildman–Crippen LogP) is 2.97. The monoisotopic (exact) mass is 347 g/mol. The predicted molar refractivity (Wildman–Crippen MR) is 87.7 cm³/mol. The largest absolute Gasteiger partial charge is 0.497 e. The molecule has 1 atom stereocenters. The summed E-state index contributed by atoms with van der Waals surface area (Å²) < 4.78 is 47.4. The fraction of sp³-hybridized carbons (Fsp3) is 0.562. The first-order valence-corrected chi connectivity index (χ1v) is 7.73. The lowest BCUT2D eigenvalue weighted by molar-refractivity contribution is -0.132. The molecule has 0 aliphatic rings. The summed E-state index contributed by atoms with van der Waals surface area (Å²) in [4.78, 5) is 4.24. The molecule has 5 nitrogen and oxygen atoms in total. The molecular weight excluding hydrogens is 323 g/mol. The van der Waals surface area contributed by atoms with Gasteiger partial charge in [-0.05, 0) is 26.0 Å². The van der Waals surface area contributed by atoms with Crippen molar-refractivity contribution in [3.63, 3.8) is 0 Å². The maximum Gasteiger partial charge on any atom is 0.390 e. The zero-order valence-electron chi connectivity index (χ0n) is 14.1. The van der Waals surface area contributed by atoms with E-state index in [-0.39, 0.29) is 12.6 Å². The molecule has 1 aromatic carbocycles. The summed E-state index contributed by atoms with van der Waals surface area (Å²) in [6.45, 7) is 4.32. The van der Waals surface area contributed by atoms with Crippen LogP contribution in [0.4, 0.5) is 13.2 Å². The van der Waals surface area contributed by atoms with Crippen molar-refractivity contribution in [3.8, 4) is 11.5 Å². The maximum absolute atomic E-state index is 12.2. The molecule has 0 aromatic heterocycles. The fourth-order valence-electron chi connectivity index (χ4n) is 1.83. The number of hydrogen-bond acceptors (Lipinski definition) is 3. The van der Waals surface area contributed by atoms with E-state index in [1.165, 1.54) is 0 Å².